The standard InChI is InChI=1S/C22H24N4O3S/c1-25(19-7-3-2-4-8-19)22(27)18-6-5-9-20(16-18)30(28,29)26-14-10-17(11-15-26)21-23-12-13-24-21/h2-9,12-13,16-17H,10-11,14-15H2,1H3,(H,23,24). The topological polar surface area (TPSA) is 86.4 Å². The number of sulfonamides is 1. The number of amides is 1. The minimum atomic E-state index is -3.67. The quantitative estimate of drug-likeness (QED) is 0.681. The third-order valence-electron chi connectivity index (χ3n) is 5.53. The van der Waals surface area contributed by atoms with Crippen molar-refractivity contribution in [3.63, 3.8) is 0 Å². The smallest absolute Gasteiger partial charge is 0.258 e. The van der Waals surface area contributed by atoms with E-state index in [0.717, 1.165) is 11.5 Å². The summed E-state index contributed by atoms with van der Waals surface area (Å²) < 4.78 is 27.8. The van der Waals surface area contributed by atoms with Crippen LogP contribution in [0.25, 0.3) is 0 Å². The van der Waals surface area contributed by atoms with Crippen molar-refractivity contribution in [2.45, 2.75) is 23.7 Å². The monoisotopic (exact) mass is 424 g/mol. The first-order valence-electron chi connectivity index (χ1n) is 9.89. The maximum Gasteiger partial charge on any atom is 0.258 e. The van der Waals surface area contributed by atoms with E-state index in [1.165, 1.54) is 15.3 Å². The Labute approximate surface area is 176 Å². The molecule has 30 heavy (non-hydrogen) atoms. The molecule has 7 nitrogen and oxygen atoms in total. The van der Waals surface area contributed by atoms with Crippen molar-refractivity contribution in [3.05, 3.63) is 78.4 Å². The fourth-order valence-electron chi connectivity index (χ4n) is 3.77. The highest BCUT2D eigenvalue weighted by atomic mass is 32.2. The van der Waals surface area contributed by atoms with Crippen LogP contribution in [0.15, 0.2) is 71.9 Å². The highest BCUT2D eigenvalue weighted by Crippen LogP contribution is 2.29. The number of aromatic amines is 1. The molecule has 2 heterocycles. The molecule has 4 rings (SSSR count). The normalized spacial score (nSPS) is 15.8. The van der Waals surface area contributed by atoms with Gasteiger partial charge in [-0.3, -0.25) is 4.79 Å². The van der Waals surface area contributed by atoms with Crippen LogP contribution in [-0.2, 0) is 10.0 Å². The molecule has 0 radical (unpaired) electrons. The second-order valence-electron chi connectivity index (χ2n) is 7.38. The van der Waals surface area contributed by atoms with Gasteiger partial charge in [0.15, 0.2) is 0 Å². The summed E-state index contributed by atoms with van der Waals surface area (Å²) >= 11 is 0. The predicted octanol–water partition coefficient (Wildman–Crippen LogP) is 3.25. The number of hydrogen-bond acceptors (Lipinski definition) is 4. The van der Waals surface area contributed by atoms with E-state index in [9.17, 15) is 13.2 Å². The van der Waals surface area contributed by atoms with Crippen molar-refractivity contribution in [3.8, 4) is 0 Å². The highest BCUT2D eigenvalue weighted by Gasteiger charge is 2.31. The van der Waals surface area contributed by atoms with E-state index >= 15 is 0 Å². The molecule has 0 aliphatic carbocycles. The van der Waals surface area contributed by atoms with E-state index in [1.54, 1.807) is 37.6 Å². The number of hydrogen-bond donors (Lipinski definition) is 1. The van der Waals surface area contributed by atoms with Gasteiger partial charge in [-0.1, -0.05) is 24.3 Å². The molecule has 0 unspecified atom stereocenters. The Morgan fingerprint density at radius 1 is 1.10 bits per heavy atom. The molecule has 1 aromatic heterocycles. The Morgan fingerprint density at radius 2 is 1.83 bits per heavy atom. The van der Waals surface area contributed by atoms with Gasteiger partial charge < -0.3 is 9.88 Å². The second kappa shape index (κ2) is 8.41. The van der Waals surface area contributed by atoms with E-state index in [1.807, 2.05) is 30.3 Å². The zero-order valence-corrected chi connectivity index (χ0v) is 17.5. The molecular formula is C22H24N4O3S. The summed E-state index contributed by atoms with van der Waals surface area (Å²) in [5.41, 5.74) is 1.09. The molecule has 1 aliphatic rings. The summed E-state index contributed by atoms with van der Waals surface area (Å²) in [5.74, 6) is 0.886. The molecule has 156 valence electrons. The lowest BCUT2D eigenvalue weighted by atomic mass is 9.98. The molecule has 8 heteroatoms. The van der Waals surface area contributed by atoms with Crippen LogP contribution >= 0.6 is 0 Å². The lowest BCUT2D eigenvalue weighted by Crippen LogP contribution is -2.38. The number of rotatable bonds is 5. The van der Waals surface area contributed by atoms with Crippen molar-refractivity contribution in [1.29, 1.82) is 0 Å². The first-order chi connectivity index (χ1) is 14.5. The number of aromatic nitrogens is 2. The Balaban J connectivity index is 1.51. The summed E-state index contributed by atoms with van der Waals surface area (Å²) in [4.78, 5) is 21.9. The Bertz CT molecular complexity index is 1110. The zero-order valence-electron chi connectivity index (χ0n) is 16.7. The average Bonchev–Trinajstić information content (AvgIpc) is 3.34. The van der Waals surface area contributed by atoms with Crippen LogP contribution in [-0.4, -0.2) is 48.7 Å². The molecule has 0 atom stereocenters. The summed E-state index contributed by atoms with van der Waals surface area (Å²) in [6.45, 7) is 0.853. The minimum Gasteiger partial charge on any atom is -0.348 e. The Hall–Kier alpha value is -2.97. The number of carbonyl (C=O) groups is 1. The number of anilines is 1. The maximum absolute atomic E-state index is 13.2. The number of para-hydroxylation sites is 1. The lowest BCUT2D eigenvalue weighted by Gasteiger charge is -2.30. The van der Waals surface area contributed by atoms with E-state index in [-0.39, 0.29) is 16.7 Å². The number of nitrogens with one attached hydrogen (secondary N) is 1. The Kier molecular flexibility index (Phi) is 5.69. The fraction of sp³-hybridized carbons (Fsp3) is 0.273. The van der Waals surface area contributed by atoms with Gasteiger partial charge in [0.2, 0.25) is 10.0 Å². The minimum absolute atomic E-state index is 0.145. The third kappa shape index (κ3) is 4.01. The van der Waals surface area contributed by atoms with E-state index < -0.39 is 10.0 Å². The van der Waals surface area contributed by atoms with Gasteiger partial charge in [0, 0.05) is 49.7 Å². The predicted molar refractivity (Wildman–Crippen MR) is 115 cm³/mol. The van der Waals surface area contributed by atoms with Crippen LogP contribution in [0.3, 0.4) is 0 Å². The number of H-pyrrole nitrogens is 1. The molecule has 0 saturated carbocycles. The number of nitrogens with zero attached hydrogens (tertiary/aromatic N) is 3. The summed E-state index contributed by atoms with van der Waals surface area (Å²) in [6.07, 6.45) is 4.92. The first-order valence-corrected chi connectivity index (χ1v) is 11.3. The van der Waals surface area contributed by atoms with Crippen molar-refractivity contribution >= 4 is 21.6 Å². The van der Waals surface area contributed by atoms with Gasteiger partial charge in [-0.05, 0) is 43.2 Å². The van der Waals surface area contributed by atoms with Crippen LogP contribution < -0.4 is 4.90 Å². The van der Waals surface area contributed by atoms with Crippen molar-refractivity contribution in [1.82, 2.24) is 14.3 Å². The lowest BCUT2D eigenvalue weighted by molar-refractivity contribution is 0.0993. The number of carbonyl (C=O) groups excluding carboxylic acids is 1. The van der Waals surface area contributed by atoms with E-state index in [2.05, 4.69) is 9.97 Å². The van der Waals surface area contributed by atoms with E-state index in [0.29, 0.717) is 31.5 Å². The number of imidazole rings is 1. The summed E-state index contributed by atoms with van der Waals surface area (Å²) in [7, 11) is -1.99. The molecule has 1 aliphatic heterocycles. The third-order valence-corrected chi connectivity index (χ3v) is 7.42. The Morgan fingerprint density at radius 3 is 2.50 bits per heavy atom. The van der Waals surface area contributed by atoms with Gasteiger partial charge in [-0.15, -0.1) is 0 Å². The highest BCUT2D eigenvalue weighted by molar-refractivity contribution is 7.89. The fourth-order valence-corrected chi connectivity index (χ4v) is 5.29. The SMILES string of the molecule is CN(C(=O)c1cccc(S(=O)(=O)N2CCC(c3ncc[nH]3)CC2)c1)c1ccccc1. The molecule has 1 saturated heterocycles. The largest absolute Gasteiger partial charge is 0.348 e. The molecule has 1 N–H and O–H groups in total. The van der Waals surface area contributed by atoms with Gasteiger partial charge in [0.05, 0.1) is 4.90 Å². The van der Waals surface area contributed by atoms with Crippen molar-refractivity contribution in [2.24, 2.45) is 0 Å². The van der Waals surface area contributed by atoms with Gasteiger partial charge in [-0.2, -0.15) is 4.31 Å². The van der Waals surface area contributed by atoms with Gasteiger partial charge >= 0.3 is 0 Å². The van der Waals surface area contributed by atoms with E-state index in [4.69, 9.17) is 0 Å². The van der Waals surface area contributed by atoms with Crippen LogP contribution in [0.1, 0.15) is 34.9 Å². The van der Waals surface area contributed by atoms with Gasteiger partial charge in [0.25, 0.3) is 5.91 Å². The molecular weight excluding hydrogens is 400 g/mol. The van der Waals surface area contributed by atoms with Crippen LogP contribution in [0.4, 0.5) is 5.69 Å². The van der Waals surface area contributed by atoms with Crippen LogP contribution in [0.5, 0.6) is 0 Å². The second-order valence-corrected chi connectivity index (χ2v) is 9.32. The van der Waals surface area contributed by atoms with Gasteiger partial charge in [-0.25, -0.2) is 13.4 Å². The molecule has 0 spiro atoms. The molecule has 1 fully saturated rings. The number of benzene rings is 2. The first kappa shape index (κ1) is 20.3. The molecule has 1 amide bonds. The maximum atomic E-state index is 13.2. The van der Waals surface area contributed by atoms with Crippen molar-refractivity contribution < 1.29 is 13.2 Å². The van der Waals surface area contributed by atoms with Gasteiger partial charge in [0.1, 0.15) is 5.82 Å². The summed E-state index contributed by atoms with van der Waals surface area (Å²) in [5, 5.41) is 0. The van der Waals surface area contributed by atoms with Crippen molar-refractivity contribution in [2.75, 3.05) is 25.0 Å². The average molecular weight is 425 g/mol. The van der Waals surface area contributed by atoms with Crippen LogP contribution in [0, 0.1) is 0 Å². The molecule has 0 bridgehead atoms. The summed E-state index contributed by atoms with van der Waals surface area (Å²) in [6, 6.07) is 15.5. The molecule has 2 aromatic carbocycles. The number of piperidine rings is 1. The van der Waals surface area contributed by atoms with Crippen LogP contribution in [0.2, 0.25) is 0 Å². The zero-order chi connectivity index (χ0) is 21.1. The molecule has 3 aromatic rings.